The van der Waals surface area contributed by atoms with E-state index in [9.17, 15) is 19.7 Å². The van der Waals surface area contributed by atoms with Crippen molar-refractivity contribution in [1.29, 1.82) is 0 Å². The van der Waals surface area contributed by atoms with Gasteiger partial charge in [0.05, 0.1) is 12.9 Å². The van der Waals surface area contributed by atoms with Gasteiger partial charge in [0.2, 0.25) is 12.3 Å². The number of hydrogen-bond acceptors (Lipinski definition) is 6. The van der Waals surface area contributed by atoms with Crippen LogP contribution in [0, 0.1) is 10.1 Å². The van der Waals surface area contributed by atoms with Crippen LogP contribution in [0.1, 0.15) is 29.0 Å². The van der Waals surface area contributed by atoms with Crippen molar-refractivity contribution in [2.24, 2.45) is 0 Å². The summed E-state index contributed by atoms with van der Waals surface area (Å²) in [7, 11) is 0. The lowest BCUT2D eigenvalue weighted by atomic mass is 9.81. The first-order chi connectivity index (χ1) is 11.9. The molecule has 2 rings (SSSR count). The Morgan fingerprint density at radius 2 is 1.96 bits per heavy atom. The molecule has 0 aliphatic carbocycles. The Morgan fingerprint density at radius 1 is 1.28 bits per heavy atom. The largest absolute Gasteiger partial charge is 0.469 e. The van der Waals surface area contributed by atoms with Gasteiger partial charge in [-0.1, -0.05) is 30.3 Å². The zero-order valence-corrected chi connectivity index (χ0v) is 13.4. The van der Waals surface area contributed by atoms with Crippen molar-refractivity contribution in [3.8, 4) is 0 Å². The number of nitro groups is 1. The number of ether oxygens (including phenoxy) is 1. The quantitative estimate of drug-likeness (QED) is 0.239. The maximum Gasteiger partial charge on any atom is 0.353 e. The molecule has 1 aromatic heterocycles. The lowest BCUT2D eigenvalue weighted by Crippen LogP contribution is -2.50. The summed E-state index contributed by atoms with van der Waals surface area (Å²) in [6, 6.07) is 9.91. The molecule has 2 aromatic rings. The van der Waals surface area contributed by atoms with Gasteiger partial charge in [-0.15, -0.1) is 0 Å². The first-order valence-corrected chi connectivity index (χ1v) is 7.52. The molecule has 0 N–H and O–H groups in total. The smallest absolute Gasteiger partial charge is 0.353 e. The van der Waals surface area contributed by atoms with Crippen molar-refractivity contribution < 1.29 is 28.1 Å². The number of rotatable bonds is 8. The van der Waals surface area contributed by atoms with Gasteiger partial charge in [0.1, 0.15) is 11.7 Å². The van der Waals surface area contributed by atoms with Gasteiger partial charge in [0.25, 0.3) is 5.67 Å². The molecule has 7 nitrogen and oxygen atoms in total. The van der Waals surface area contributed by atoms with E-state index in [4.69, 9.17) is 9.15 Å². The van der Waals surface area contributed by atoms with Crippen LogP contribution in [0.25, 0.3) is 0 Å². The van der Waals surface area contributed by atoms with Crippen molar-refractivity contribution in [2.75, 3.05) is 13.2 Å². The van der Waals surface area contributed by atoms with Crippen molar-refractivity contribution in [2.45, 2.75) is 18.5 Å². The van der Waals surface area contributed by atoms with E-state index in [2.05, 4.69) is 0 Å². The fourth-order valence-corrected chi connectivity index (χ4v) is 2.48. The minimum absolute atomic E-state index is 0.0991. The number of esters is 1. The Kier molecular flexibility index (Phi) is 5.63. The second-order valence-corrected chi connectivity index (χ2v) is 5.21. The molecule has 2 atom stereocenters. The minimum Gasteiger partial charge on any atom is -0.469 e. The Balaban J connectivity index is 2.57. The fourth-order valence-electron chi connectivity index (χ4n) is 2.48. The summed E-state index contributed by atoms with van der Waals surface area (Å²) in [5.74, 6) is -4.64. The van der Waals surface area contributed by atoms with Gasteiger partial charge in [-0.25, -0.2) is 9.18 Å². The summed E-state index contributed by atoms with van der Waals surface area (Å²) in [6.45, 7) is 0.248. The lowest BCUT2D eigenvalue weighted by molar-refractivity contribution is -0.485. The van der Waals surface area contributed by atoms with E-state index in [1.165, 1.54) is 49.6 Å². The van der Waals surface area contributed by atoms with Gasteiger partial charge in [-0.05, 0) is 19.1 Å². The molecule has 0 radical (unpaired) electrons. The zero-order chi connectivity index (χ0) is 18.4. The van der Waals surface area contributed by atoms with Crippen molar-refractivity contribution in [3.05, 3.63) is 70.2 Å². The fraction of sp³-hybridized carbons (Fsp3) is 0.294. The van der Waals surface area contributed by atoms with Crippen LogP contribution in [0.15, 0.2) is 53.1 Å². The van der Waals surface area contributed by atoms with E-state index in [1.807, 2.05) is 0 Å². The van der Waals surface area contributed by atoms with Crippen LogP contribution < -0.4 is 0 Å². The van der Waals surface area contributed by atoms with Crippen molar-refractivity contribution in [1.82, 2.24) is 0 Å². The second kappa shape index (κ2) is 7.69. The van der Waals surface area contributed by atoms with Crippen LogP contribution in [0.3, 0.4) is 0 Å². The summed E-state index contributed by atoms with van der Waals surface area (Å²) < 4.78 is 25.6. The van der Waals surface area contributed by atoms with Gasteiger partial charge in [-0.3, -0.25) is 14.9 Å². The highest BCUT2D eigenvalue weighted by molar-refractivity contribution is 6.16. The Morgan fingerprint density at radius 3 is 2.48 bits per heavy atom. The number of carbonyl (C=O) groups excluding carboxylic acids is 2. The number of Topliss-reactive ketones (excluding diaryl/α,β-unsaturated/α-hetero) is 1. The molecule has 0 aliphatic heterocycles. The molecule has 0 saturated heterocycles. The predicted octanol–water partition coefficient (Wildman–Crippen LogP) is 2.79. The first-order valence-electron chi connectivity index (χ1n) is 7.52. The van der Waals surface area contributed by atoms with E-state index in [1.54, 1.807) is 6.07 Å². The van der Waals surface area contributed by atoms with E-state index in [-0.39, 0.29) is 17.9 Å². The highest BCUT2D eigenvalue weighted by atomic mass is 19.1. The standard InChI is InChI=1S/C17H16FNO6/c1-2-24-16(21)17(18,15(20)12-7-4-3-5-8-12)13(11-19(22)23)14-9-6-10-25-14/h3-10,13H,2,11H2,1H3/t13-,17+/m0/s1. The molecule has 0 bridgehead atoms. The average Bonchev–Trinajstić information content (AvgIpc) is 3.13. The molecule has 0 unspecified atom stereocenters. The van der Waals surface area contributed by atoms with Crippen LogP contribution >= 0.6 is 0 Å². The molecular formula is C17H16FNO6. The third kappa shape index (κ3) is 3.73. The first kappa shape index (κ1) is 18.3. The summed E-state index contributed by atoms with van der Waals surface area (Å²) in [6.07, 6.45) is 1.18. The minimum atomic E-state index is -3.29. The summed E-state index contributed by atoms with van der Waals surface area (Å²) >= 11 is 0. The Hall–Kier alpha value is -3.03. The predicted molar refractivity (Wildman–Crippen MR) is 84.6 cm³/mol. The number of furan rings is 1. The van der Waals surface area contributed by atoms with Gasteiger partial charge < -0.3 is 9.15 Å². The number of halogens is 1. The summed E-state index contributed by atoms with van der Waals surface area (Å²) in [5.41, 5.74) is -3.39. The normalized spacial score (nSPS) is 14.3. The topological polar surface area (TPSA) is 99.7 Å². The van der Waals surface area contributed by atoms with Crippen molar-refractivity contribution in [3.63, 3.8) is 0 Å². The maximum absolute atomic E-state index is 15.9. The van der Waals surface area contributed by atoms with Crippen LogP contribution in [0.2, 0.25) is 0 Å². The number of benzene rings is 1. The molecule has 1 heterocycles. The molecular weight excluding hydrogens is 333 g/mol. The van der Waals surface area contributed by atoms with Gasteiger partial charge >= 0.3 is 5.97 Å². The number of alkyl halides is 1. The van der Waals surface area contributed by atoms with Gasteiger partial charge in [0, 0.05) is 10.5 Å². The average molecular weight is 349 g/mol. The highest BCUT2D eigenvalue weighted by Gasteiger charge is 2.58. The monoisotopic (exact) mass is 349 g/mol. The lowest BCUT2D eigenvalue weighted by Gasteiger charge is -2.27. The Labute approximate surface area is 142 Å². The van der Waals surface area contributed by atoms with E-state index in [0.717, 1.165) is 0 Å². The third-order valence-electron chi connectivity index (χ3n) is 3.64. The number of carbonyl (C=O) groups is 2. The third-order valence-corrected chi connectivity index (χ3v) is 3.64. The highest BCUT2D eigenvalue weighted by Crippen LogP contribution is 2.37. The van der Waals surface area contributed by atoms with Crippen LogP contribution in [-0.4, -0.2) is 35.5 Å². The summed E-state index contributed by atoms with van der Waals surface area (Å²) in [4.78, 5) is 35.3. The molecule has 132 valence electrons. The van der Waals surface area contributed by atoms with E-state index < -0.39 is 34.8 Å². The van der Waals surface area contributed by atoms with Crippen LogP contribution in [0.4, 0.5) is 4.39 Å². The molecule has 0 aliphatic rings. The molecule has 0 fully saturated rings. The SMILES string of the molecule is CCOC(=O)[C@](F)(C(=O)c1ccccc1)[C@@H](C[N+](=O)[O-])c1ccco1. The Bertz CT molecular complexity index is 746. The molecule has 25 heavy (non-hydrogen) atoms. The summed E-state index contributed by atoms with van der Waals surface area (Å²) in [5, 5.41) is 11.0. The number of hydrogen-bond donors (Lipinski definition) is 0. The van der Waals surface area contributed by atoms with Gasteiger partial charge in [0.15, 0.2) is 0 Å². The number of ketones is 1. The van der Waals surface area contributed by atoms with Gasteiger partial charge in [-0.2, -0.15) is 0 Å². The van der Waals surface area contributed by atoms with Crippen LogP contribution in [-0.2, 0) is 9.53 Å². The van der Waals surface area contributed by atoms with Crippen molar-refractivity contribution >= 4 is 11.8 Å². The number of nitrogens with zero attached hydrogens (tertiary/aromatic N) is 1. The molecule has 0 amide bonds. The zero-order valence-electron chi connectivity index (χ0n) is 13.4. The van der Waals surface area contributed by atoms with E-state index in [0.29, 0.717) is 0 Å². The molecule has 0 saturated carbocycles. The molecule has 0 spiro atoms. The molecule has 1 aromatic carbocycles. The van der Waals surface area contributed by atoms with E-state index >= 15 is 4.39 Å². The maximum atomic E-state index is 15.9. The molecule has 8 heteroatoms. The van der Waals surface area contributed by atoms with Crippen LogP contribution in [0.5, 0.6) is 0 Å². The second-order valence-electron chi connectivity index (χ2n) is 5.21.